The second-order valence-corrected chi connectivity index (χ2v) is 7.95. The Hall–Kier alpha value is -3.27. The zero-order valence-electron chi connectivity index (χ0n) is 17.7. The average molecular weight is 415 g/mol. The number of ether oxygens (including phenoxy) is 1. The maximum absolute atomic E-state index is 14.3. The number of nitrogens with zero attached hydrogens (tertiary/aromatic N) is 1. The van der Waals surface area contributed by atoms with Gasteiger partial charge in [0.1, 0.15) is 23.2 Å². The molecule has 1 unspecified atom stereocenters. The zero-order chi connectivity index (χ0) is 21.7. The number of aliphatic imine (C=N–C) groups is 1. The Balaban J connectivity index is 1.92. The van der Waals surface area contributed by atoms with Crippen LogP contribution in [0.3, 0.4) is 0 Å². The van der Waals surface area contributed by atoms with Crippen molar-refractivity contribution < 1.29 is 9.13 Å². The molecule has 1 aliphatic rings. The Morgan fingerprint density at radius 3 is 2.23 bits per heavy atom. The van der Waals surface area contributed by atoms with Gasteiger partial charge in [-0.1, -0.05) is 74.0 Å². The van der Waals surface area contributed by atoms with E-state index in [9.17, 15) is 4.39 Å². The third-order valence-electron chi connectivity index (χ3n) is 5.82. The molecule has 0 fully saturated rings. The van der Waals surface area contributed by atoms with Crippen LogP contribution in [0.15, 0.2) is 83.9 Å². The highest BCUT2D eigenvalue weighted by molar-refractivity contribution is 6.13. The first-order valence-electron chi connectivity index (χ1n) is 10.8. The SMILES string of the molecule is CCCC1(CCC=N)Oc2ccc(F)cc2[C@H]1N=C(c1ccccc1)c1ccccc1. The van der Waals surface area contributed by atoms with E-state index in [1.165, 1.54) is 12.3 Å². The Bertz CT molecular complexity index is 1020. The molecule has 0 aromatic heterocycles. The standard InChI is InChI=1S/C27H27FN2O/c1-2-16-27(17-9-18-29)26(23-19-22(28)14-15-24(23)31-27)30-25(20-10-5-3-6-11-20)21-12-7-4-8-13-21/h3-8,10-15,18-19,26,29H,2,9,16-17H2,1H3/t26-,27?/m1/s1. The van der Waals surface area contributed by atoms with Crippen molar-refractivity contribution in [3.8, 4) is 5.75 Å². The van der Waals surface area contributed by atoms with Crippen molar-refractivity contribution in [3.05, 3.63) is 101 Å². The molecule has 31 heavy (non-hydrogen) atoms. The highest BCUT2D eigenvalue weighted by Crippen LogP contribution is 2.50. The van der Waals surface area contributed by atoms with Gasteiger partial charge in [-0.25, -0.2) is 4.39 Å². The van der Waals surface area contributed by atoms with Crippen LogP contribution in [0.1, 0.15) is 55.3 Å². The first kappa shape index (κ1) is 21.0. The van der Waals surface area contributed by atoms with E-state index in [1.807, 2.05) is 60.7 Å². The molecule has 0 bridgehead atoms. The summed E-state index contributed by atoms with van der Waals surface area (Å²) < 4.78 is 20.8. The van der Waals surface area contributed by atoms with Crippen LogP contribution in [0.2, 0.25) is 0 Å². The van der Waals surface area contributed by atoms with Gasteiger partial charge in [0.05, 0.1) is 5.71 Å². The lowest BCUT2D eigenvalue weighted by Gasteiger charge is -2.33. The van der Waals surface area contributed by atoms with Crippen LogP contribution in [0.25, 0.3) is 0 Å². The summed E-state index contributed by atoms with van der Waals surface area (Å²) in [6.07, 6.45) is 4.36. The molecule has 158 valence electrons. The van der Waals surface area contributed by atoms with Crippen molar-refractivity contribution in [2.75, 3.05) is 0 Å². The Labute approximate surface area is 183 Å². The Morgan fingerprint density at radius 2 is 1.65 bits per heavy atom. The van der Waals surface area contributed by atoms with Crippen molar-refractivity contribution >= 4 is 11.9 Å². The molecule has 0 saturated carbocycles. The van der Waals surface area contributed by atoms with Gasteiger partial charge in [0.15, 0.2) is 0 Å². The largest absolute Gasteiger partial charge is 0.484 e. The molecule has 2 atom stereocenters. The predicted octanol–water partition coefficient (Wildman–Crippen LogP) is 6.77. The van der Waals surface area contributed by atoms with Gasteiger partial charge in [-0.2, -0.15) is 0 Å². The minimum absolute atomic E-state index is 0.289. The number of hydrogen-bond acceptors (Lipinski definition) is 3. The summed E-state index contributed by atoms with van der Waals surface area (Å²) in [5.41, 5.74) is 3.06. The summed E-state index contributed by atoms with van der Waals surface area (Å²) in [5.74, 6) is 0.400. The summed E-state index contributed by atoms with van der Waals surface area (Å²) >= 11 is 0. The second-order valence-electron chi connectivity index (χ2n) is 7.95. The molecular weight excluding hydrogens is 387 g/mol. The van der Waals surface area contributed by atoms with Crippen molar-refractivity contribution in [2.24, 2.45) is 4.99 Å². The van der Waals surface area contributed by atoms with Gasteiger partial charge in [-0.05, 0) is 43.7 Å². The van der Waals surface area contributed by atoms with Gasteiger partial charge in [-0.15, -0.1) is 0 Å². The fraction of sp³-hybridized carbons (Fsp3) is 0.259. The van der Waals surface area contributed by atoms with E-state index in [-0.39, 0.29) is 11.9 Å². The van der Waals surface area contributed by atoms with Crippen LogP contribution in [0.5, 0.6) is 5.75 Å². The highest BCUT2D eigenvalue weighted by atomic mass is 19.1. The number of fused-ring (bicyclic) bond motifs is 1. The van der Waals surface area contributed by atoms with Crippen molar-refractivity contribution in [3.63, 3.8) is 0 Å². The maximum Gasteiger partial charge on any atom is 0.136 e. The highest BCUT2D eigenvalue weighted by Gasteiger charge is 2.48. The quantitative estimate of drug-likeness (QED) is 0.406. The molecule has 0 radical (unpaired) electrons. The Morgan fingerprint density at radius 1 is 1.00 bits per heavy atom. The molecule has 0 amide bonds. The smallest absolute Gasteiger partial charge is 0.136 e. The molecule has 1 heterocycles. The van der Waals surface area contributed by atoms with E-state index < -0.39 is 5.60 Å². The van der Waals surface area contributed by atoms with Gasteiger partial charge in [-0.3, -0.25) is 4.99 Å². The molecule has 3 aromatic rings. The van der Waals surface area contributed by atoms with Gasteiger partial charge in [0.25, 0.3) is 0 Å². The lowest BCUT2D eigenvalue weighted by molar-refractivity contribution is 0.0528. The molecule has 0 spiro atoms. The van der Waals surface area contributed by atoms with E-state index >= 15 is 0 Å². The van der Waals surface area contributed by atoms with Gasteiger partial charge >= 0.3 is 0 Å². The molecule has 4 rings (SSSR count). The topological polar surface area (TPSA) is 45.4 Å². The van der Waals surface area contributed by atoms with Gasteiger partial charge in [0.2, 0.25) is 0 Å². The first-order valence-corrected chi connectivity index (χ1v) is 10.8. The molecule has 1 aliphatic heterocycles. The maximum atomic E-state index is 14.3. The third-order valence-corrected chi connectivity index (χ3v) is 5.82. The summed E-state index contributed by atoms with van der Waals surface area (Å²) in [5, 5.41) is 7.58. The fourth-order valence-corrected chi connectivity index (χ4v) is 4.45. The molecule has 0 saturated heterocycles. The first-order chi connectivity index (χ1) is 15.2. The van der Waals surface area contributed by atoms with Crippen LogP contribution in [0.4, 0.5) is 4.39 Å². The molecule has 1 N–H and O–H groups in total. The molecule has 3 nitrogen and oxygen atoms in total. The minimum atomic E-state index is -0.600. The second kappa shape index (κ2) is 9.25. The number of hydrogen-bond donors (Lipinski definition) is 1. The van der Waals surface area contributed by atoms with Crippen LogP contribution < -0.4 is 4.74 Å². The van der Waals surface area contributed by atoms with Crippen molar-refractivity contribution in [1.82, 2.24) is 0 Å². The average Bonchev–Trinajstić information content (AvgIpc) is 3.09. The van der Waals surface area contributed by atoms with E-state index in [0.717, 1.165) is 35.2 Å². The Kier molecular flexibility index (Phi) is 6.26. The van der Waals surface area contributed by atoms with Crippen LogP contribution in [-0.4, -0.2) is 17.5 Å². The summed E-state index contributed by atoms with van der Waals surface area (Å²) in [6.45, 7) is 2.12. The summed E-state index contributed by atoms with van der Waals surface area (Å²) in [7, 11) is 0. The zero-order valence-corrected chi connectivity index (χ0v) is 17.7. The fourth-order valence-electron chi connectivity index (χ4n) is 4.45. The normalized spacial score (nSPS) is 19.4. The van der Waals surface area contributed by atoms with Crippen LogP contribution >= 0.6 is 0 Å². The summed E-state index contributed by atoms with van der Waals surface area (Å²) in [6, 6.07) is 24.5. The number of benzene rings is 3. The number of halogens is 1. The molecule has 4 heteroatoms. The van der Waals surface area contributed by atoms with E-state index in [0.29, 0.717) is 18.6 Å². The molecule has 3 aromatic carbocycles. The third kappa shape index (κ3) is 4.29. The van der Waals surface area contributed by atoms with Crippen molar-refractivity contribution in [2.45, 2.75) is 44.2 Å². The lowest BCUT2D eigenvalue weighted by Crippen LogP contribution is -2.38. The number of rotatable bonds is 8. The molecular formula is C27H27FN2O. The van der Waals surface area contributed by atoms with Crippen LogP contribution in [-0.2, 0) is 0 Å². The predicted molar refractivity (Wildman–Crippen MR) is 124 cm³/mol. The van der Waals surface area contributed by atoms with E-state index in [2.05, 4.69) is 6.92 Å². The van der Waals surface area contributed by atoms with Crippen LogP contribution in [0, 0.1) is 11.2 Å². The monoisotopic (exact) mass is 414 g/mol. The summed E-state index contributed by atoms with van der Waals surface area (Å²) in [4.78, 5) is 5.27. The molecule has 0 aliphatic carbocycles. The minimum Gasteiger partial charge on any atom is -0.484 e. The lowest BCUT2D eigenvalue weighted by atomic mass is 9.83. The van der Waals surface area contributed by atoms with Gasteiger partial charge in [0, 0.05) is 16.7 Å². The van der Waals surface area contributed by atoms with E-state index in [4.69, 9.17) is 15.1 Å². The number of nitrogens with one attached hydrogen (secondary N) is 1. The van der Waals surface area contributed by atoms with E-state index in [1.54, 1.807) is 12.1 Å². The van der Waals surface area contributed by atoms with Gasteiger partial charge < -0.3 is 10.1 Å². The van der Waals surface area contributed by atoms with Crippen molar-refractivity contribution in [1.29, 1.82) is 5.41 Å².